The smallest absolute Gasteiger partial charge is 0.139 e. The van der Waals surface area contributed by atoms with Crippen molar-refractivity contribution in [2.45, 2.75) is 27.2 Å². The largest absolute Gasteiger partial charge is 1.00 e. The van der Waals surface area contributed by atoms with E-state index in [9.17, 15) is 0 Å². The summed E-state index contributed by atoms with van der Waals surface area (Å²) in [6.07, 6.45) is 0. The molecule has 0 saturated carbocycles. The van der Waals surface area contributed by atoms with Crippen LogP contribution in [0.1, 0.15) is 19.4 Å². The third kappa shape index (κ3) is 10.3. The molecule has 8 bridgehead atoms. The monoisotopic (exact) mass is 630 g/mol. The van der Waals surface area contributed by atoms with E-state index in [1.165, 1.54) is 96.6 Å². The maximum atomic E-state index is 9.07. The van der Waals surface area contributed by atoms with Crippen LogP contribution in [0.15, 0.2) is 35.2 Å². The summed E-state index contributed by atoms with van der Waals surface area (Å²) < 4.78 is 1.20. The van der Waals surface area contributed by atoms with Crippen LogP contribution in [0, 0.1) is 15.6 Å². The molecule has 0 atom stereocenters. The molecule has 15 heteroatoms. The van der Waals surface area contributed by atoms with Crippen molar-refractivity contribution in [2.75, 3.05) is 87.1 Å². The van der Waals surface area contributed by atoms with Crippen molar-refractivity contribution in [1.29, 1.82) is 0 Å². The van der Waals surface area contributed by atoms with Gasteiger partial charge in [0.15, 0.2) is 0 Å². The molecule has 0 aliphatic carbocycles. The molecule has 9 rings (SSSR count). The SMILES string of the molecule is C1N2CN3CN1C[NH+](C2)C3.CB=NC.CC.O=[N+]([O-])[CH-]Br.[Cl-].c1ccc(C[N+]23CN4CN(CN(C4)C2)C3)cc1. The number of benzene rings is 1. The van der Waals surface area contributed by atoms with Gasteiger partial charge in [0.1, 0.15) is 46.6 Å². The number of nitrogens with one attached hydrogen (secondary N) is 1. The molecular weight excluding hydrogens is 587 g/mol. The van der Waals surface area contributed by atoms with Crippen molar-refractivity contribution >= 4 is 23.0 Å². The van der Waals surface area contributed by atoms with E-state index in [2.05, 4.69) is 80.6 Å². The average molecular weight is 632 g/mol. The first-order valence-corrected chi connectivity index (χ1v) is 14.3. The number of nitrogens with zero attached hydrogens (tertiary/aromatic N) is 9. The maximum Gasteiger partial charge on any atom is 0.139 e. The van der Waals surface area contributed by atoms with Gasteiger partial charge in [-0.25, -0.2) is 45.3 Å². The van der Waals surface area contributed by atoms with Crippen molar-refractivity contribution in [1.82, 2.24) is 29.4 Å². The Kier molecular flexibility index (Phi) is 14.8. The van der Waals surface area contributed by atoms with E-state index >= 15 is 0 Å². The fourth-order valence-electron chi connectivity index (χ4n) is 6.16. The summed E-state index contributed by atoms with van der Waals surface area (Å²) in [6.45, 7) is 21.7. The Morgan fingerprint density at radius 2 is 1.28 bits per heavy atom. The fourth-order valence-corrected chi connectivity index (χ4v) is 6.16. The molecule has 8 fully saturated rings. The van der Waals surface area contributed by atoms with E-state index in [1.807, 2.05) is 20.7 Å². The van der Waals surface area contributed by atoms with E-state index < -0.39 is 4.92 Å². The Bertz CT molecular complexity index is 792. The zero-order chi connectivity index (χ0) is 27.5. The molecule has 0 aromatic heterocycles. The Balaban J connectivity index is 0.000000207. The Hall–Kier alpha value is -1.20. The summed E-state index contributed by atoms with van der Waals surface area (Å²) in [5.74, 6) is 0. The molecule has 0 radical (unpaired) electrons. The first-order chi connectivity index (χ1) is 18.4. The van der Waals surface area contributed by atoms with E-state index in [4.69, 9.17) is 10.1 Å². The summed E-state index contributed by atoms with van der Waals surface area (Å²) in [6, 6.07) is 10.9. The third-order valence-electron chi connectivity index (χ3n) is 6.94. The average Bonchev–Trinajstić information content (AvgIpc) is 2.89. The molecule has 220 valence electrons. The van der Waals surface area contributed by atoms with Gasteiger partial charge in [0.2, 0.25) is 0 Å². The zero-order valence-corrected chi connectivity index (χ0v) is 26.2. The molecule has 12 nitrogen and oxygen atoms in total. The van der Waals surface area contributed by atoms with Crippen LogP contribution in [-0.4, -0.2) is 133 Å². The van der Waals surface area contributed by atoms with Gasteiger partial charge < -0.3 is 12.4 Å². The first-order valence-electron chi connectivity index (χ1n) is 13.4. The molecule has 0 spiro atoms. The van der Waals surface area contributed by atoms with Crippen LogP contribution in [0.2, 0.25) is 6.82 Å². The van der Waals surface area contributed by atoms with Gasteiger partial charge in [0.25, 0.3) is 0 Å². The molecule has 0 amide bonds. The van der Waals surface area contributed by atoms with Gasteiger partial charge in [0, 0.05) is 11.0 Å². The van der Waals surface area contributed by atoms with Gasteiger partial charge in [-0.15, -0.1) is 4.92 Å². The van der Waals surface area contributed by atoms with E-state index in [0.29, 0.717) is 5.45 Å². The standard InChI is InChI=1S/C13H19N4.C6H12N4.C2H6BN.C2H6.CHBrNO2.ClH/c1-2-4-13(5-3-1)6-17-10-14-7-15(11-17)9-16(8-14)12-17;1-7-2-9-4-8(1)5-10(3-7)6-9;1-3-4-2;1-2;2-1-3(4)5;/h1-5H,6-12H2;1-6H2;1-2H3;1-2H3;1H;1H/q+1;;;;-1;. The Morgan fingerprint density at radius 3 is 1.59 bits per heavy atom. The molecule has 1 aromatic rings. The third-order valence-corrected chi connectivity index (χ3v) is 7.27. The van der Waals surface area contributed by atoms with Crippen LogP contribution >= 0.6 is 15.9 Å². The summed E-state index contributed by atoms with van der Waals surface area (Å²) >= 11 is 2.49. The fraction of sp³-hybridized carbons (Fsp3) is 0.708. The van der Waals surface area contributed by atoms with Crippen molar-refractivity contribution in [3.63, 3.8) is 0 Å². The second-order valence-electron chi connectivity index (χ2n) is 10.4. The van der Waals surface area contributed by atoms with E-state index in [0.717, 1.165) is 0 Å². The molecular formula is C24H45BBrClN10O2. The van der Waals surface area contributed by atoms with Crippen LogP contribution in [-0.2, 0) is 6.54 Å². The molecule has 8 heterocycles. The normalized spacial score (nSPS) is 35.3. The molecule has 1 aromatic carbocycles. The topological polar surface area (TPSA) is 79.4 Å². The van der Waals surface area contributed by atoms with Crippen LogP contribution in [0.4, 0.5) is 0 Å². The van der Waals surface area contributed by atoms with Gasteiger partial charge in [-0.1, -0.05) is 44.2 Å². The molecule has 8 aliphatic rings. The van der Waals surface area contributed by atoms with Crippen LogP contribution < -0.4 is 17.3 Å². The van der Waals surface area contributed by atoms with Crippen LogP contribution in [0.25, 0.3) is 0 Å². The van der Waals surface area contributed by atoms with Gasteiger partial charge in [-0.05, 0) is 0 Å². The Labute approximate surface area is 249 Å². The quantitative estimate of drug-likeness (QED) is 0.0991. The zero-order valence-electron chi connectivity index (χ0n) is 23.8. The van der Waals surface area contributed by atoms with Gasteiger partial charge >= 0.3 is 25.8 Å². The number of quaternary nitrogens is 2. The van der Waals surface area contributed by atoms with E-state index in [-0.39, 0.29) is 12.4 Å². The predicted molar refractivity (Wildman–Crippen MR) is 152 cm³/mol. The van der Waals surface area contributed by atoms with Gasteiger partial charge in [0.05, 0.1) is 40.0 Å². The van der Waals surface area contributed by atoms with Crippen LogP contribution in [0.3, 0.4) is 0 Å². The second-order valence-corrected chi connectivity index (χ2v) is 10.8. The summed E-state index contributed by atoms with van der Waals surface area (Å²) in [5.41, 5.74) is 2.17. The maximum absolute atomic E-state index is 9.07. The molecule has 1 N–H and O–H groups in total. The van der Waals surface area contributed by atoms with Crippen molar-refractivity contribution in [3.05, 3.63) is 51.5 Å². The molecule has 0 unspecified atom stereocenters. The number of rotatable bonds is 3. The van der Waals surface area contributed by atoms with Crippen molar-refractivity contribution in [2.24, 2.45) is 4.90 Å². The van der Waals surface area contributed by atoms with Gasteiger partial charge in [-0.2, -0.15) is 0 Å². The summed E-state index contributed by atoms with van der Waals surface area (Å²) in [4.78, 5) is 29.0. The molecule has 8 aliphatic heterocycles. The first kappa shape index (κ1) is 34.0. The summed E-state index contributed by atoms with van der Waals surface area (Å²) in [7, 11) is 3.50. The van der Waals surface area contributed by atoms with Gasteiger partial charge in [-0.3, -0.25) is 19.5 Å². The number of hydrogen-bond acceptors (Lipinski definition) is 9. The molecule has 39 heavy (non-hydrogen) atoms. The minimum Gasteiger partial charge on any atom is -1.00 e. The minimum atomic E-state index is -0.583. The van der Waals surface area contributed by atoms with Crippen molar-refractivity contribution < 1.29 is 26.7 Å². The number of halogens is 2. The van der Waals surface area contributed by atoms with E-state index in [1.54, 1.807) is 19.0 Å². The number of nitro groups is 1. The second kappa shape index (κ2) is 16.9. The molecule has 8 saturated heterocycles. The number of hydrogen-bond donors (Lipinski definition) is 1. The Morgan fingerprint density at radius 1 is 0.923 bits per heavy atom. The van der Waals surface area contributed by atoms with Crippen LogP contribution in [0.5, 0.6) is 0 Å². The van der Waals surface area contributed by atoms with Crippen molar-refractivity contribution in [3.8, 4) is 0 Å². The predicted octanol–water partition coefficient (Wildman–Crippen LogP) is -2.38. The summed E-state index contributed by atoms with van der Waals surface area (Å²) in [5, 5.41) is 9.07. The minimum absolute atomic E-state index is 0.